The molecule has 0 spiro atoms. The predicted molar refractivity (Wildman–Crippen MR) is 272 cm³/mol. The van der Waals surface area contributed by atoms with Crippen LogP contribution >= 0.6 is 0 Å². The van der Waals surface area contributed by atoms with Crippen LogP contribution in [-0.4, -0.2) is 0 Å². The number of hydrogen-bond acceptors (Lipinski definition) is 0. The van der Waals surface area contributed by atoms with Crippen molar-refractivity contribution in [3.8, 4) is 0 Å². The van der Waals surface area contributed by atoms with Crippen LogP contribution in [0.1, 0.15) is 108 Å². The summed E-state index contributed by atoms with van der Waals surface area (Å²) in [6.07, 6.45) is 13.5. The van der Waals surface area contributed by atoms with Gasteiger partial charge in [0.2, 0.25) is 0 Å². The molecule has 62 heavy (non-hydrogen) atoms. The Morgan fingerprint density at radius 3 is 0.935 bits per heavy atom. The molecule has 0 saturated heterocycles. The van der Waals surface area contributed by atoms with E-state index in [1.807, 2.05) is 0 Å². The SMILES string of the molecule is CC(C)(C)c1ccc(C(=Cc2ccc(C=Cc3ccc(C=Cc4ccc(C=C(c5ccccc5)c5ccc(C(C)(C)C)cc5)cc4)c4ccccc34)cc2)c2ccccc2)cc1. The second-order valence-electron chi connectivity index (χ2n) is 18.3. The van der Waals surface area contributed by atoms with Crippen LogP contribution in [-0.2, 0) is 10.8 Å². The Kier molecular flexibility index (Phi) is 12.3. The van der Waals surface area contributed by atoms with Crippen molar-refractivity contribution in [1.29, 1.82) is 0 Å². The normalized spacial score (nSPS) is 12.7. The van der Waals surface area contributed by atoms with Gasteiger partial charge in [0.1, 0.15) is 0 Å². The Labute approximate surface area is 370 Å². The zero-order valence-corrected chi connectivity index (χ0v) is 36.9. The van der Waals surface area contributed by atoms with E-state index >= 15 is 0 Å². The molecule has 8 aromatic rings. The number of fused-ring (bicyclic) bond motifs is 1. The third-order valence-corrected chi connectivity index (χ3v) is 11.7. The first-order valence-corrected chi connectivity index (χ1v) is 21.8. The van der Waals surface area contributed by atoms with Crippen molar-refractivity contribution in [1.82, 2.24) is 0 Å². The maximum Gasteiger partial charge on any atom is -0.0105 e. The van der Waals surface area contributed by atoms with Crippen LogP contribution in [0, 0.1) is 0 Å². The molecule has 0 aliphatic heterocycles. The molecule has 0 aliphatic carbocycles. The van der Waals surface area contributed by atoms with E-state index in [0.29, 0.717) is 0 Å². The Morgan fingerprint density at radius 1 is 0.290 bits per heavy atom. The van der Waals surface area contributed by atoms with Gasteiger partial charge >= 0.3 is 0 Å². The number of hydrogen-bond donors (Lipinski definition) is 0. The zero-order valence-electron chi connectivity index (χ0n) is 36.9. The molecule has 0 radical (unpaired) electrons. The van der Waals surface area contributed by atoms with E-state index in [9.17, 15) is 0 Å². The molecule has 0 N–H and O–H groups in total. The summed E-state index contributed by atoms with van der Waals surface area (Å²) in [5, 5.41) is 2.47. The first kappa shape index (κ1) is 41.7. The smallest absolute Gasteiger partial charge is 0.0105 e. The lowest BCUT2D eigenvalue weighted by Gasteiger charge is -2.19. The van der Waals surface area contributed by atoms with Crippen molar-refractivity contribution in [3.05, 3.63) is 261 Å². The van der Waals surface area contributed by atoms with Crippen molar-refractivity contribution in [3.63, 3.8) is 0 Å². The molecule has 0 fully saturated rings. The first-order valence-electron chi connectivity index (χ1n) is 21.8. The summed E-state index contributed by atoms with van der Waals surface area (Å²) < 4.78 is 0. The van der Waals surface area contributed by atoms with Gasteiger partial charge in [-0.25, -0.2) is 0 Å². The van der Waals surface area contributed by atoms with Gasteiger partial charge < -0.3 is 0 Å². The van der Waals surface area contributed by atoms with E-state index in [4.69, 9.17) is 0 Å². The van der Waals surface area contributed by atoms with Crippen molar-refractivity contribution < 1.29 is 0 Å². The minimum Gasteiger partial charge on any atom is -0.0622 e. The summed E-state index contributed by atoms with van der Waals surface area (Å²) in [7, 11) is 0. The second kappa shape index (κ2) is 18.3. The van der Waals surface area contributed by atoms with E-state index in [0.717, 1.165) is 0 Å². The first-order chi connectivity index (χ1) is 30.0. The van der Waals surface area contributed by atoms with Crippen molar-refractivity contribution >= 4 is 58.4 Å². The molecule has 0 saturated carbocycles. The molecule has 304 valence electrons. The number of rotatable bonds is 10. The quantitative estimate of drug-likeness (QED) is 0.121. The molecular formula is C62H56. The summed E-state index contributed by atoms with van der Waals surface area (Å²) in [5.74, 6) is 0. The van der Waals surface area contributed by atoms with E-state index in [1.54, 1.807) is 0 Å². The van der Waals surface area contributed by atoms with Gasteiger partial charge in [-0.3, -0.25) is 0 Å². The molecule has 0 aromatic heterocycles. The molecule has 0 heteroatoms. The summed E-state index contributed by atoms with van der Waals surface area (Å²) in [4.78, 5) is 0. The van der Waals surface area contributed by atoms with Crippen LogP contribution in [0.15, 0.2) is 194 Å². The molecule has 0 unspecified atom stereocenters. The van der Waals surface area contributed by atoms with E-state index in [1.165, 1.54) is 88.7 Å². The minimum atomic E-state index is 0.117. The molecular weight excluding hydrogens is 745 g/mol. The van der Waals surface area contributed by atoms with E-state index < -0.39 is 0 Å². The Morgan fingerprint density at radius 2 is 0.597 bits per heavy atom. The highest BCUT2D eigenvalue weighted by atomic mass is 14.2. The van der Waals surface area contributed by atoms with E-state index in [2.05, 4.69) is 272 Å². The van der Waals surface area contributed by atoms with Crippen LogP contribution in [0.4, 0.5) is 0 Å². The highest BCUT2D eigenvalue weighted by molar-refractivity contribution is 5.99. The predicted octanol–water partition coefficient (Wildman–Crippen LogP) is 17.0. The highest BCUT2D eigenvalue weighted by Gasteiger charge is 2.16. The van der Waals surface area contributed by atoms with Crippen molar-refractivity contribution in [2.75, 3.05) is 0 Å². The lowest BCUT2D eigenvalue weighted by molar-refractivity contribution is 0.590. The van der Waals surface area contributed by atoms with Crippen LogP contribution in [0.25, 0.3) is 58.4 Å². The molecule has 0 nitrogen and oxygen atoms in total. The maximum atomic E-state index is 2.30. The van der Waals surface area contributed by atoms with Crippen molar-refractivity contribution in [2.24, 2.45) is 0 Å². The van der Waals surface area contributed by atoms with Gasteiger partial charge in [-0.2, -0.15) is 0 Å². The molecule has 0 aliphatic rings. The second-order valence-corrected chi connectivity index (χ2v) is 18.3. The van der Waals surface area contributed by atoms with Gasteiger partial charge in [-0.15, -0.1) is 0 Å². The average Bonchev–Trinajstić information content (AvgIpc) is 3.29. The van der Waals surface area contributed by atoms with Gasteiger partial charge in [-0.05, 0) is 112 Å². The molecule has 8 rings (SSSR count). The summed E-state index contributed by atoms with van der Waals surface area (Å²) in [6, 6.07) is 70.3. The third kappa shape index (κ3) is 10.1. The molecule has 0 amide bonds. The highest BCUT2D eigenvalue weighted by Crippen LogP contribution is 2.32. The molecule has 0 heterocycles. The van der Waals surface area contributed by atoms with Crippen LogP contribution in [0.5, 0.6) is 0 Å². The third-order valence-electron chi connectivity index (χ3n) is 11.7. The summed E-state index contributed by atoms with van der Waals surface area (Å²) >= 11 is 0. The molecule has 0 bridgehead atoms. The van der Waals surface area contributed by atoms with Crippen LogP contribution in [0.3, 0.4) is 0 Å². The van der Waals surface area contributed by atoms with Crippen LogP contribution in [0.2, 0.25) is 0 Å². The van der Waals surface area contributed by atoms with E-state index in [-0.39, 0.29) is 10.8 Å². The lowest BCUT2D eigenvalue weighted by Crippen LogP contribution is -2.10. The summed E-state index contributed by atoms with van der Waals surface area (Å²) in [6.45, 7) is 13.6. The zero-order chi connectivity index (χ0) is 43.1. The fourth-order valence-electron chi connectivity index (χ4n) is 7.95. The maximum absolute atomic E-state index is 2.30. The summed E-state index contributed by atoms with van der Waals surface area (Å²) in [5.41, 5.74) is 17.3. The van der Waals surface area contributed by atoms with Crippen molar-refractivity contribution in [2.45, 2.75) is 52.4 Å². The van der Waals surface area contributed by atoms with Crippen LogP contribution < -0.4 is 0 Å². The largest absolute Gasteiger partial charge is 0.0622 e. The lowest BCUT2D eigenvalue weighted by atomic mass is 9.85. The Bertz CT molecular complexity index is 2670. The Hall–Kier alpha value is -7.02. The topological polar surface area (TPSA) is 0 Å². The fourth-order valence-corrected chi connectivity index (χ4v) is 7.95. The van der Waals surface area contributed by atoms with Gasteiger partial charge in [0.15, 0.2) is 0 Å². The average molecular weight is 801 g/mol. The standard InChI is InChI=1S/C62H56/c1-61(2,3)55-39-35-53(36-40-55)59(49-15-9-7-10-16-49)43-47-25-21-45(22-26-47)29-31-51-33-34-52(58-20-14-13-19-57(51)58)32-30-46-23-27-48(28-24-46)44-60(50-17-11-8-12-18-50)54-37-41-56(42-38-54)62(4,5)6/h7-44H,1-6H3. The number of benzene rings is 8. The minimum absolute atomic E-state index is 0.117. The fraction of sp³-hybridized carbons (Fsp3) is 0.129. The monoisotopic (exact) mass is 800 g/mol. The van der Waals surface area contributed by atoms with Gasteiger partial charge in [0.05, 0.1) is 0 Å². The van der Waals surface area contributed by atoms with Gasteiger partial charge in [-0.1, -0.05) is 260 Å². The van der Waals surface area contributed by atoms with Gasteiger partial charge in [0.25, 0.3) is 0 Å². The molecule has 8 aromatic carbocycles. The molecule has 0 atom stereocenters. The Balaban J connectivity index is 0.999. The van der Waals surface area contributed by atoms with Gasteiger partial charge in [0, 0.05) is 0 Å².